The second kappa shape index (κ2) is 8.09. The monoisotopic (exact) mass is 289 g/mol. The number of halogens is 2. The number of carbonyl (C=O) groups excluding carboxylic acids is 1. The van der Waals surface area contributed by atoms with E-state index in [4.69, 9.17) is 16.3 Å². The van der Waals surface area contributed by atoms with E-state index in [1.54, 1.807) is 0 Å². The Morgan fingerprint density at radius 1 is 1.58 bits per heavy atom. The Kier molecular flexibility index (Phi) is 6.77. The predicted molar refractivity (Wildman–Crippen MR) is 70.6 cm³/mol. The highest BCUT2D eigenvalue weighted by Crippen LogP contribution is 2.19. The Morgan fingerprint density at radius 2 is 2.32 bits per heavy atom. The lowest BCUT2D eigenvalue weighted by Crippen LogP contribution is -2.29. The third-order valence-corrected chi connectivity index (χ3v) is 2.91. The zero-order valence-corrected chi connectivity index (χ0v) is 11.4. The summed E-state index contributed by atoms with van der Waals surface area (Å²) in [4.78, 5) is 11.6. The minimum absolute atomic E-state index is 0.119. The van der Waals surface area contributed by atoms with E-state index in [0.29, 0.717) is 13.0 Å². The average Bonchev–Trinajstić information content (AvgIpc) is 2.34. The van der Waals surface area contributed by atoms with E-state index in [-0.39, 0.29) is 29.5 Å². The lowest BCUT2D eigenvalue weighted by atomic mass is 10.1. The summed E-state index contributed by atoms with van der Waals surface area (Å²) in [5.41, 5.74) is 0.180. The normalized spacial score (nSPS) is 12.2. The van der Waals surface area contributed by atoms with Crippen LogP contribution in [-0.2, 0) is 16.0 Å². The van der Waals surface area contributed by atoms with Gasteiger partial charge in [0.15, 0.2) is 0 Å². The van der Waals surface area contributed by atoms with E-state index in [2.05, 4.69) is 5.32 Å². The Balaban J connectivity index is 2.39. The van der Waals surface area contributed by atoms with Gasteiger partial charge < -0.3 is 15.2 Å². The van der Waals surface area contributed by atoms with Crippen LogP contribution >= 0.6 is 11.6 Å². The summed E-state index contributed by atoms with van der Waals surface area (Å²) < 4.78 is 18.2. The summed E-state index contributed by atoms with van der Waals surface area (Å²) >= 11 is 5.82. The molecule has 19 heavy (non-hydrogen) atoms. The van der Waals surface area contributed by atoms with Crippen LogP contribution in [0.1, 0.15) is 12.0 Å². The average molecular weight is 290 g/mol. The first-order chi connectivity index (χ1) is 9.04. The number of aliphatic hydroxyl groups excluding tert-OH is 1. The maximum Gasteiger partial charge on any atom is 0.224 e. The number of hydrogen-bond donors (Lipinski definition) is 2. The molecule has 1 amide bonds. The number of rotatable bonds is 7. The molecule has 0 aromatic heterocycles. The van der Waals surface area contributed by atoms with Crippen LogP contribution in [0.25, 0.3) is 0 Å². The van der Waals surface area contributed by atoms with Crippen LogP contribution in [0, 0.1) is 5.82 Å². The molecule has 1 unspecified atom stereocenters. The van der Waals surface area contributed by atoms with Crippen LogP contribution in [0.5, 0.6) is 0 Å². The number of ether oxygens (including phenoxy) is 1. The highest BCUT2D eigenvalue weighted by atomic mass is 35.5. The molecule has 2 N–H and O–H groups in total. The van der Waals surface area contributed by atoms with E-state index in [0.717, 1.165) is 0 Å². The fraction of sp³-hybridized carbons (Fsp3) is 0.462. The van der Waals surface area contributed by atoms with Gasteiger partial charge in [0, 0.05) is 24.2 Å². The maximum absolute atomic E-state index is 13.4. The SMILES string of the molecule is COCC(O)CCNC(=O)Cc1c(F)cccc1Cl. The molecule has 4 nitrogen and oxygen atoms in total. The van der Waals surface area contributed by atoms with Crippen molar-refractivity contribution >= 4 is 17.5 Å². The van der Waals surface area contributed by atoms with E-state index in [1.165, 1.54) is 25.3 Å². The number of amides is 1. The quantitative estimate of drug-likeness (QED) is 0.800. The Bertz CT molecular complexity index is 408. The molecule has 106 valence electrons. The number of nitrogens with one attached hydrogen (secondary N) is 1. The van der Waals surface area contributed by atoms with Gasteiger partial charge in [0.2, 0.25) is 5.91 Å². The number of methoxy groups -OCH3 is 1. The summed E-state index contributed by atoms with van der Waals surface area (Å²) in [5, 5.41) is 12.2. The molecule has 0 aliphatic heterocycles. The molecule has 0 spiro atoms. The summed E-state index contributed by atoms with van der Waals surface area (Å²) in [6.07, 6.45) is -0.362. The second-order valence-corrected chi connectivity index (χ2v) is 4.53. The van der Waals surface area contributed by atoms with Crippen LogP contribution < -0.4 is 5.32 Å². The van der Waals surface area contributed by atoms with Crippen molar-refractivity contribution < 1.29 is 19.0 Å². The molecular weight excluding hydrogens is 273 g/mol. The van der Waals surface area contributed by atoms with Gasteiger partial charge in [-0.05, 0) is 18.6 Å². The first-order valence-electron chi connectivity index (χ1n) is 5.91. The minimum atomic E-state index is -0.623. The van der Waals surface area contributed by atoms with E-state index < -0.39 is 11.9 Å². The summed E-state index contributed by atoms with van der Waals surface area (Å²) in [6, 6.07) is 4.28. The Morgan fingerprint density at radius 3 is 2.95 bits per heavy atom. The number of hydrogen-bond acceptors (Lipinski definition) is 3. The molecule has 0 fully saturated rings. The standard InChI is InChI=1S/C13H17ClFNO3/c1-19-8-9(17)5-6-16-13(18)7-10-11(14)3-2-4-12(10)15/h2-4,9,17H,5-8H2,1H3,(H,16,18). The van der Waals surface area contributed by atoms with E-state index in [9.17, 15) is 14.3 Å². The van der Waals surface area contributed by atoms with Gasteiger partial charge in [-0.1, -0.05) is 17.7 Å². The molecule has 0 aliphatic carbocycles. The van der Waals surface area contributed by atoms with Crippen molar-refractivity contribution in [3.8, 4) is 0 Å². The minimum Gasteiger partial charge on any atom is -0.391 e. The van der Waals surface area contributed by atoms with Crippen molar-refractivity contribution in [3.05, 3.63) is 34.6 Å². The van der Waals surface area contributed by atoms with Crippen molar-refractivity contribution in [3.63, 3.8) is 0 Å². The zero-order valence-electron chi connectivity index (χ0n) is 10.7. The summed E-state index contributed by atoms with van der Waals surface area (Å²) in [7, 11) is 1.49. The lowest BCUT2D eigenvalue weighted by Gasteiger charge is -2.10. The van der Waals surface area contributed by atoms with Crippen LogP contribution in [-0.4, -0.2) is 37.4 Å². The van der Waals surface area contributed by atoms with Crippen molar-refractivity contribution in [2.45, 2.75) is 18.9 Å². The van der Waals surface area contributed by atoms with Crippen molar-refractivity contribution in [1.29, 1.82) is 0 Å². The van der Waals surface area contributed by atoms with Gasteiger partial charge in [-0.25, -0.2) is 4.39 Å². The van der Waals surface area contributed by atoms with Gasteiger partial charge in [-0.2, -0.15) is 0 Å². The van der Waals surface area contributed by atoms with Crippen molar-refractivity contribution in [1.82, 2.24) is 5.32 Å². The molecule has 0 radical (unpaired) electrons. The molecule has 0 bridgehead atoms. The van der Waals surface area contributed by atoms with E-state index in [1.807, 2.05) is 0 Å². The molecular formula is C13H17ClFNO3. The number of aliphatic hydroxyl groups is 1. The Hall–Kier alpha value is -1.17. The largest absolute Gasteiger partial charge is 0.391 e. The third kappa shape index (κ3) is 5.55. The van der Waals surface area contributed by atoms with E-state index >= 15 is 0 Å². The van der Waals surface area contributed by atoms with Gasteiger partial charge in [0.25, 0.3) is 0 Å². The molecule has 0 saturated heterocycles. The molecule has 6 heteroatoms. The van der Waals surface area contributed by atoms with Gasteiger partial charge in [-0.3, -0.25) is 4.79 Å². The first-order valence-corrected chi connectivity index (χ1v) is 6.29. The highest BCUT2D eigenvalue weighted by Gasteiger charge is 2.12. The third-order valence-electron chi connectivity index (χ3n) is 2.56. The number of carbonyl (C=O) groups is 1. The van der Waals surface area contributed by atoms with Crippen molar-refractivity contribution in [2.75, 3.05) is 20.3 Å². The molecule has 0 heterocycles. The van der Waals surface area contributed by atoms with Gasteiger partial charge in [0.05, 0.1) is 19.1 Å². The van der Waals surface area contributed by atoms with Gasteiger partial charge in [0.1, 0.15) is 5.82 Å². The van der Waals surface area contributed by atoms with Crippen molar-refractivity contribution in [2.24, 2.45) is 0 Å². The molecule has 0 aliphatic rings. The van der Waals surface area contributed by atoms with Gasteiger partial charge in [-0.15, -0.1) is 0 Å². The topological polar surface area (TPSA) is 58.6 Å². The lowest BCUT2D eigenvalue weighted by molar-refractivity contribution is -0.120. The molecule has 1 atom stereocenters. The smallest absolute Gasteiger partial charge is 0.224 e. The molecule has 1 aromatic rings. The summed E-state index contributed by atoms with van der Waals surface area (Å²) in [5.74, 6) is -0.835. The predicted octanol–water partition coefficient (Wildman–Crippen LogP) is 1.54. The fourth-order valence-electron chi connectivity index (χ4n) is 1.58. The maximum atomic E-state index is 13.4. The second-order valence-electron chi connectivity index (χ2n) is 4.12. The summed E-state index contributed by atoms with van der Waals surface area (Å²) in [6.45, 7) is 0.518. The fourth-order valence-corrected chi connectivity index (χ4v) is 1.81. The van der Waals surface area contributed by atoms with Gasteiger partial charge >= 0.3 is 0 Å². The first kappa shape index (κ1) is 15.9. The zero-order chi connectivity index (χ0) is 14.3. The molecule has 1 aromatic carbocycles. The van der Waals surface area contributed by atoms with Crippen LogP contribution in [0.4, 0.5) is 4.39 Å². The molecule has 0 saturated carbocycles. The highest BCUT2D eigenvalue weighted by molar-refractivity contribution is 6.31. The Labute approximate surface area is 116 Å². The molecule has 1 rings (SSSR count). The number of benzene rings is 1. The van der Waals surface area contributed by atoms with Crippen LogP contribution in [0.3, 0.4) is 0 Å². The van der Waals surface area contributed by atoms with Crippen LogP contribution in [0.2, 0.25) is 5.02 Å². The van der Waals surface area contributed by atoms with Crippen LogP contribution in [0.15, 0.2) is 18.2 Å².